The third-order valence-electron chi connectivity index (χ3n) is 5.25. The maximum atomic E-state index is 12.5. The molecule has 0 bridgehead atoms. The summed E-state index contributed by atoms with van der Waals surface area (Å²) >= 11 is 0. The molecule has 0 radical (unpaired) electrons. The van der Waals surface area contributed by atoms with Gasteiger partial charge in [0.15, 0.2) is 0 Å². The topological polar surface area (TPSA) is 92.5 Å². The monoisotopic (exact) mass is 417 g/mol. The van der Waals surface area contributed by atoms with Crippen LogP contribution in [0.15, 0.2) is 47.4 Å². The number of sulfonamides is 1. The lowest BCUT2D eigenvalue weighted by molar-refractivity contribution is -0.116. The van der Waals surface area contributed by atoms with Gasteiger partial charge in [-0.2, -0.15) is 0 Å². The summed E-state index contributed by atoms with van der Waals surface area (Å²) < 4.78 is 22.7. The third kappa shape index (κ3) is 6.30. The third-order valence-corrected chi connectivity index (χ3v) is 6.18. The standard InChI is InChI=1S/C22H31N3O3S/c1-5-19(6-2)25(20-10-7-16(3)17(4)15-20)14-13-22(26)24-18-8-11-21(12-9-18)29(23,27)28/h7-12,15,19H,5-6,13-14H2,1-4H3,(H,24,26)(H2,23,27,28). The van der Waals surface area contributed by atoms with Crippen molar-refractivity contribution in [3.05, 3.63) is 53.6 Å². The zero-order valence-electron chi connectivity index (χ0n) is 17.6. The fourth-order valence-electron chi connectivity index (χ4n) is 3.33. The molecular formula is C22H31N3O3S. The molecule has 0 aliphatic carbocycles. The Kier molecular flexibility index (Phi) is 7.81. The van der Waals surface area contributed by atoms with E-state index in [2.05, 4.69) is 56.1 Å². The van der Waals surface area contributed by atoms with Crippen LogP contribution in [0.4, 0.5) is 11.4 Å². The summed E-state index contributed by atoms with van der Waals surface area (Å²) in [5.41, 5.74) is 4.16. The molecule has 0 unspecified atom stereocenters. The highest BCUT2D eigenvalue weighted by atomic mass is 32.2. The van der Waals surface area contributed by atoms with Gasteiger partial charge >= 0.3 is 0 Å². The van der Waals surface area contributed by atoms with E-state index in [1.165, 1.54) is 23.3 Å². The lowest BCUT2D eigenvalue weighted by Gasteiger charge is -2.33. The molecule has 0 fully saturated rings. The number of amides is 1. The number of nitrogens with two attached hydrogens (primary N) is 1. The van der Waals surface area contributed by atoms with Crippen LogP contribution in [0.5, 0.6) is 0 Å². The van der Waals surface area contributed by atoms with Crippen LogP contribution in [0, 0.1) is 13.8 Å². The van der Waals surface area contributed by atoms with Crippen LogP contribution >= 0.6 is 0 Å². The highest BCUT2D eigenvalue weighted by Gasteiger charge is 2.18. The molecule has 29 heavy (non-hydrogen) atoms. The molecule has 2 rings (SSSR count). The highest BCUT2D eigenvalue weighted by molar-refractivity contribution is 7.89. The molecule has 0 saturated heterocycles. The molecule has 0 heterocycles. The molecule has 0 atom stereocenters. The lowest BCUT2D eigenvalue weighted by atomic mass is 10.1. The molecule has 2 aromatic carbocycles. The van der Waals surface area contributed by atoms with Gasteiger partial charge < -0.3 is 10.2 Å². The van der Waals surface area contributed by atoms with E-state index in [4.69, 9.17) is 5.14 Å². The Morgan fingerprint density at radius 2 is 1.66 bits per heavy atom. The minimum atomic E-state index is -3.74. The summed E-state index contributed by atoms with van der Waals surface area (Å²) in [6.07, 6.45) is 2.33. The van der Waals surface area contributed by atoms with Crippen LogP contribution in [0.25, 0.3) is 0 Å². The van der Waals surface area contributed by atoms with E-state index in [-0.39, 0.29) is 10.8 Å². The minimum Gasteiger partial charge on any atom is -0.368 e. The molecule has 6 nitrogen and oxygen atoms in total. The van der Waals surface area contributed by atoms with Gasteiger partial charge in [-0.25, -0.2) is 13.6 Å². The summed E-state index contributed by atoms with van der Waals surface area (Å²) in [7, 11) is -3.74. The van der Waals surface area contributed by atoms with Gasteiger partial charge in [0, 0.05) is 30.4 Å². The number of hydrogen-bond donors (Lipinski definition) is 2. The van der Waals surface area contributed by atoms with Crippen LogP contribution in [0.2, 0.25) is 0 Å². The second kappa shape index (κ2) is 9.89. The van der Waals surface area contributed by atoms with E-state index < -0.39 is 10.0 Å². The quantitative estimate of drug-likeness (QED) is 0.645. The van der Waals surface area contributed by atoms with Crippen LogP contribution in [0.3, 0.4) is 0 Å². The molecular weight excluding hydrogens is 386 g/mol. The molecule has 158 valence electrons. The fraction of sp³-hybridized carbons (Fsp3) is 0.409. The zero-order chi connectivity index (χ0) is 21.6. The van der Waals surface area contributed by atoms with E-state index in [9.17, 15) is 13.2 Å². The van der Waals surface area contributed by atoms with E-state index >= 15 is 0 Å². The fourth-order valence-corrected chi connectivity index (χ4v) is 3.85. The van der Waals surface area contributed by atoms with Crippen molar-refractivity contribution in [2.24, 2.45) is 5.14 Å². The summed E-state index contributed by atoms with van der Waals surface area (Å²) in [5, 5.41) is 7.92. The Morgan fingerprint density at radius 3 is 2.17 bits per heavy atom. The van der Waals surface area contributed by atoms with Gasteiger partial charge in [-0.05, 0) is 74.2 Å². The van der Waals surface area contributed by atoms with Crippen LogP contribution in [-0.4, -0.2) is 26.9 Å². The van der Waals surface area contributed by atoms with E-state index in [1.807, 2.05) is 0 Å². The Balaban J connectivity index is 2.07. The maximum absolute atomic E-state index is 12.5. The number of anilines is 2. The van der Waals surface area contributed by atoms with Gasteiger partial charge in [-0.3, -0.25) is 4.79 Å². The zero-order valence-corrected chi connectivity index (χ0v) is 18.4. The molecule has 3 N–H and O–H groups in total. The second-order valence-corrected chi connectivity index (χ2v) is 8.86. The van der Waals surface area contributed by atoms with E-state index in [0.29, 0.717) is 24.7 Å². The van der Waals surface area contributed by atoms with Crippen LogP contribution in [-0.2, 0) is 14.8 Å². The van der Waals surface area contributed by atoms with Crippen molar-refractivity contribution in [3.63, 3.8) is 0 Å². The number of carbonyl (C=O) groups is 1. The average Bonchev–Trinajstić information content (AvgIpc) is 2.67. The SMILES string of the molecule is CCC(CC)N(CCC(=O)Nc1ccc(S(N)(=O)=O)cc1)c1ccc(C)c(C)c1. The smallest absolute Gasteiger partial charge is 0.238 e. The second-order valence-electron chi connectivity index (χ2n) is 7.30. The first-order valence-corrected chi connectivity index (χ1v) is 11.5. The van der Waals surface area contributed by atoms with E-state index in [1.54, 1.807) is 12.1 Å². The number of carbonyl (C=O) groups excluding carboxylic acids is 1. The first kappa shape index (κ1) is 22.9. The molecule has 7 heteroatoms. The van der Waals surface area contributed by atoms with Crippen LogP contribution in [0.1, 0.15) is 44.2 Å². The van der Waals surface area contributed by atoms with Crippen LogP contribution < -0.4 is 15.4 Å². The molecule has 0 saturated carbocycles. The summed E-state index contributed by atoms with van der Waals surface area (Å²) in [6, 6.07) is 12.6. The maximum Gasteiger partial charge on any atom is 0.238 e. The van der Waals surface area contributed by atoms with Crippen molar-refractivity contribution >= 4 is 27.3 Å². The normalized spacial score (nSPS) is 11.5. The molecule has 1 amide bonds. The van der Waals surface area contributed by atoms with Crippen molar-refractivity contribution in [2.45, 2.75) is 57.9 Å². The number of primary sulfonamides is 1. The molecule has 0 aliphatic rings. The van der Waals surface area contributed by atoms with Crippen molar-refractivity contribution in [2.75, 3.05) is 16.8 Å². The van der Waals surface area contributed by atoms with Gasteiger partial charge in [0.2, 0.25) is 15.9 Å². The first-order chi connectivity index (χ1) is 13.7. The van der Waals surface area contributed by atoms with E-state index in [0.717, 1.165) is 18.5 Å². The average molecular weight is 418 g/mol. The Labute approximate surface area is 174 Å². The highest BCUT2D eigenvalue weighted by Crippen LogP contribution is 2.24. The predicted molar refractivity (Wildman–Crippen MR) is 119 cm³/mol. The van der Waals surface area contributed by atoms with Gasteiger partial charge in [0.05, 0.1) is 4.90 Å². The first-order valence-electron chi connectivity index (χ1n) is 9.92. The van der Waals surface area contributed by atoms with Gasteiger partial charge in [-0.1, -0.05) is 19.9 Å². The van der Waals surface area contributed by atoms with Gasteiger partial charge in [0.25, 0.3) is 0 Å². The largest absolute Gasteiger partial charge is 0.368 e. The molecule has 0 aromatic heterocycles. The van der Waals surface area contributed by atoms with Crippen molar-refractivity contribution < 1.29 is 13.2 Å². The molecule has 2 aromatic rings. The number of nitrogens with one attached hydrogen (secondary N) is 1. The summed E-state index contributed by atoms with van der Waals surface area (Å²) in [5.74, 6) is -0.117. The predicted octanol–water partition coefficient (Wildman–Crippen LogP) is 3.97. The Morgan fingerprint density at radius 1 is 1.03 bits per heavy atom. The molecule has 0 spiro atoms. The van der Waals surface area contributed by atoms with Crippen molar-refractivity contribution in [3.8, 4) is 0 Å². The number of aryl methyl sites for hydroxylation is 2. The Bertz CT molecular complexity index is 936. The summed E-state index contributed by atoms with van der Waals surface area (Å²) in [4.78, 5) is 14.8. The number of nitrogens with zero attached hydrogens (tertiary/aromatic N) is 1. The van der Waals surface area contributed by atoms with Gasteiger partial charge in [-0.15, -0.1) is 0 Å². The Hall–Kier alpha value is -2.38. The number of benzene rings is 2. The van der Waals surface area contributed by atoms with Gasteiger partial charge in [0.1, 0.15) is 0 Å². The van der Waals surface area contributed by atoms with Crippen molar-refractivity contribution in [1.82, 2.24) is 0 Å². The van der Waals surface area contributed by atoms with Crippen molar-refractivity contribution in [1.29, 1.82) is 0 Å². The molecule has 0 aliphatic heterocycles. The number of rotatable bonds is 9. The lowest BCUT2D eigenvalue weighted by Crippen LogP contribution is -2.37. The minimum absolute atomic E-state index is 0.0187. The number of hydrogen-bond acceptors (Lipinski definition) is 4. The summed E-state index contributed by atoms with van der Waals surface area (Å²) in [6.45, 7) is 9.12.